The number of carboxylic acids is 1. The standard InChI is InChI=1S/C25H46N2O4/c1-11-18(8)15-25(12-2,13-3)24(31)26-21(17(6)7)22(28)27(10)20(16(4)5)14-19(9)23(29)30/h14,16-18,20-21H,11-13,15H2,1-10H3,(H,26,31)(H,29,30)/b19-14+/t18?,20-,21+/m1/s1. The van der Waals surface area contributed by atoms with Crippen LogP contribution in [0.4, 0.5) is 0 Å². The lowest BCUT2D eigenvalue weighted by Gasteiger charge is -2.37. The average Bonchev–Trinajstić information content (AvgIpc) is 2.71. The minimum absolute atomic E-state index is 0.0301. The molecule has 2 amide bonds. The highest BCUT2D eigenvalue weighted by Crippen LogP contribution is 2.35. The number of carbonyl (C=O) groups is 3. The predicted octanol–water partition coefficient (Wildman–Crippen LogP) is 4.88. The molecule has 0 spiro atoms. The van der Waals surface area contributed by atoms with Crippen molar-refractivity contribution in [3.8, 4) is 0 Å². The highest BCUT2D eigenvalue weighted by Gasteiger charge is 2.39. The van der Waals surface area contributed by atoms with Gasteiger partial charge in [0.2, 0.25) is 11.8 Å². The van der Waals surface area contributed by atoms with E-state index < -0.39 is 17.4 Å². The van der Waals surface area contributed by atoms with E-state index in [1.54, 1.807) is 18.0 Å². The second kappa shape index (κ2) is 12.9. The first-order valence-electron chi connectivity index (χ1n) is 11.8. The van der Waals surface area contributed by atoms with Gasteiger partial charge in [-0.2, -0.15) is 0 Å². The summed E-state index contributed by atoms with van der Waals surface area (Å²) in [5.74, 6) is -0.886. The molecule has 1 unspecified atom stereocenters. The van der Waals surface area contributed by atoms with Crippen LogP contribution in [-0.4, -0.2) is 46.9 Å². The van der Waals surface area contributed by atoms with Crippen molar-refractivity contribution in [2.24, 2.45) is 23.2 Å². The Hall–Kier alpha value is -1.85. The molecule has 6 heteroatoms. The number of carbonyl (C=O) groups excluding carboxylic acids is 2. The van der Waals surface area contributed by atoms with Gasteiger partial charge in [-0.15, -0.1) is 0 Å². The summed E-state index contributed by atoms with van der Waals surface area (Å²) < 4.78 is 0. The van der Waals surface area contributed by atoms with Gasteiger partial charge in [0.05, 0.1) is 6.04 Å². The number of amides is 2. The van der Waals surface area contributed by atoms with Gasteiger partial charge in [-0.1, -0.05) is 67.9 Å². The van der Waals surface area contributed by atoms with Gasteiger partial charge < -0.3 is 15.3 Å². The molecule has 0 aliphatic heterocycles. The van der Waals surface area contributed by atoms with Crippen molar-refractivity contribution in [1.82, 2.24) is 10.2 Å². The molecule has 0 rings (SSSR count). The molecule has 0 aliphatic rings. The van der Waals surface area contributed by atoms with E-state index in [9.17, 15) is 19.5 Å². The lowest BCUT2D eigenvalue weighted by molar-refractivity contribution is -0.142. The fraction of sp³-hybridized carbons (Fsp3) is 0.800. The summed E-state index contributed by atoms with van der Waals surface area (Å²) in [6.45, 7) is 17.7. The molecule has 6 nitrogen and oxygen atoms in total. The Balaban J connectivity index is 5.85. The van der Waals surface area contributed by atoms with Crippen molar-refractivity contribution in [3.05, 3.63) is 11.6 Å². The topological polar surface area (TPSA) is 86.7 Å². The first-order chi connectivity index (χ1) is 14.3. The van der Waals surface area contributed by atoms with Crippen LogP contribution >= 0.6 is 0 Å². The summed E-state index contributed by atoms with van der Waals surface area (Å²) in [4.78, 5) is 39.7. The van der Waals surface area contributed by atoms with Crippen LogP contribution in [0, 0.1) is 23.2 Å². The third-order valence-electron chi connectivity index (χ3n) is 6.73. The molecule has 0 saturated carbocycles. The van der Waals surface area contributed by atoms with Gasteiger partial charge in [0.1, 0.15) is 6.04 Å². The van der Waals surface area contributed by atoms with E-state index in [0.717, 1.165) is 25.7 Å². The molecule has 2 N–H and O–H groups in total. The number of aliphatic carboxylic acids is 1. The van der Waals surface area contributed by atoms with Crippen molar-refractivity contribution < 1.29 is 19.5 Å². The van der Waals surface area contributed by atoms with Gasteiger partial charge in [0, 0.05) is 18.0 Å². The molecule has 0 bridgehead atoms. The lowest BCUT2D eigenvalue weighted by Crippen LogP contribution is -2.56. The summed E-state index contributed by atoms with van der Waals surface area (Å²) in [6.07, 6.45) is 4.88. The van der Waals surface area contributed by atoms with Crippen LogP contribution in [0.1, 0.15) is 88.0 Å². The number of hydrogen-bond donors (Lipinski definition) is 2. The van der Waals surface area contributed by atoms with Crippen LogP contribution in [0.2, 0.25) is 0 Å². The molecule has 0 heterocycles. The summed E-state index contributed by atoms with van der Waals surface area (Å²) >= 11 is 0. The Morgan fingerprint density at radius 2 is 1.52 bits per heavy atom. The van der Waals surface area contributed by atoms with Crippen molar-refractivity contribution in [2.75, 3.05) is 7.05 Å². The van der Waals surface area contributed by atoms with Crippen molar-refractivity contribution in [1.29, 1.82) is 0 Å². The monoisotopic (exact) mass is 438 g/mol. The maximum atomic E-state index is 13.4. The van der Waals surface area contributed by atoms with Crippen molar-refractivity contribution >= 4 is 17.8 Å². The number of rotatable bonds is 13. The Labute approximate surface area is 189 Å². The lowest BCUT2D eigenvalue weighted by atomic mass is 9.73. The maximum Gasteiger partial charge on any atom is 0.331 e. The molecule has 0 radical (unpaired) electrons. The molecule has 0 fully saturated rings. The molecule has 0 aromatic rings. The van der Waals surface area contributed by atoms with Crippen LogP contribution in [0.25, 0.3) is 0 Å². The number of nitrogens with zero attached hydrogens (tertiary/aromatic N) is 1. The minimum Gasteiger partial charge on any atom is -0.478 e. The Morgan fingerprint density at radius 3 is 1.87 bits per heavy atom. The van der Waals surface area contributed by atoms with Crippen LogP contribution in [0.15, 0.2) is 11.6 Å². The minimum atomic E-state index is -0.999. The maximum absolute atomic E-state index is 13.4. The van der Waals surface area contributed by atoms with Gasteiger partial charge in [0.25, 0.3) is 0 Å². The van der Waals surface area contributed by atoms with E-state index in [-0.39, 0.29) is 35.3 Å². The molecule has 180 valence electrons. The Morgan fingerprint density at radius 1 is 1.00 bits per heavy atom. The van der Waals surface area contributed by atoms with E-state index in [4.69, 9.17) is 0 Å². The number of carboxylic acid groups (broad SMARTS) is 1. The van der Waals surface area contributed by atoms with Gasteiger partial charge >= 0.3 is 5.97 Å². The smallest absolute Gasteiger partial charge is 0.331 e. The first kappa shape index (κ1) is 29.1. The summed E-state index contributed by atoms with van der Waals surface area (Å²) in [7, 11) is 1.69. The van der Waals surface area contributed by atoms with E-state index in [2.05, 4.69) is 19.2 Å². The van der Waals surface area contributed by atoms with Crippen molar-refractivity contribution in [3.63, 3.8) is 0 Å². The number of likely N-dealkylation sites (N-methyl/N-ethyl adjacent to an activating group) is 1. The zero-order chi connectivity index (χ0) is 24.5. The molecule has 31 heavy (non-hydrogen) atoms. The summed E-state index contributed by atoms with van der Waals surface area (Å²) in [5, 5.41) is 12.3. The second-order valence-corrected chi connectivity index (χ2v) is 9.74. The largest absolute Gasteiger partial charge is 0.478 e. The molecule has 3 atom stereocenters. The molecular weight excluding hydrogens is 392 g/mol. The molecule has 0 aromatic heterocycles. The van der Waals surface area contributed by atoms with Crippen LogP contribution < -0.4 is 5.32 Å². The zero-order valence-electron chi connectivity index (χ0n) is 21.4. The van der Waals surface area contributed by atoms with E-state index in [1.807, 2.05) is 41.5 Å². The quantitative estimate of drug-likeness (QED) is 0.401. The predicted molar refractivity (Wildman–Crippen MR) is 127 cm³/mol. The molecule has 0 aromatic carbocycles. The highest BCUT2D eigenvalue weighted by molar-refractivity contribution is 5.91. The van der Waals surface area contributed by atoms with Crippen molar-refractivity contribution in [2.45, 2.75) is 100 Å². The van der Waals surface area contributed by atoms with Gasteiger partial charge in [-0.05, 0) is 43.9 Å². The van der Waals surface area contributed by atoms with E-state index >= 15 is 0 Å². The molecule has 0 aliphatic carbocycles. The average molecular weight is 439 g/mol. The highest BCUT2D eigenvalue weighted by atomic mass is 16.4. The third kappa shape index (κ3) is 7.97. The fourth-order valence-corrected chi connectivity index (χ4v) is 4.02. The van der Waals surface area contributed by atoms with Crippen LogP contribution in [0.5, 0.6) is 0 Å². The number of nitrogens with one attached hydrogen (secondary N) is 1. The van der Waals surface area contributed by atoms with Gasteiger partial charge in [-0.3, -0.25) is 9.59 Å². The Kier molecular flexibility index (Phi) is 12.1. The van der Waals surface area contributed by atoms with Gasteiger partial charge in [0.15, 0.2) is 0 Å². The summed E-state index contributed by atoms with van der Waals surface area (Å²) in [5.41, 5.74) is -0.286. The number of hydrogen-bond acceptors (Lipinski definition) is 3. The second-order valence-electron chi connectivity index (χ2n) is 9.74. The first-order valence-corrected chi connectivity index (χ1v) is 11.8. The van der Waals surface area contributed by atoms with Crippen LogP contribution in [0.3, 0.4) is 0 Å². The van der Waals surface area contributed by atoms with E-state index in [0.29, 0.717) is 5.92 Å². The van der Waals surface area contributed by atoms with Crippen LogP contribution in [-0.2, 0) is 14.4 Å². The third-order valence-corrected chi connectivity index (χ3v) is 6.73. The zero-order valence-corrected chi connectivity index (χ0v) is 21.4. The molecular formula is C25H46N2O4. The van der Waals surface area contributed by atoms with E-state index in [1.165, 1.54) is 6.92 Å². The Bertz CT molecular complexity index is 635. The molecule has 0 saturated heterocycles. The SMILES string of the molecule is CCC(C)CC(CC)(CC)C(=O)N[C@H](C(=O)N(C)[C@H](/C=C(\C)C(=O)O)C(C)C)C(C)C. The fourth-order valence-electron chi connectivity index (χ4n) is 4.02. The summed E-state index contributed by atoms with van der Waals surface area (Å²) in [6, 6.07) is -1.03. The van der Waals surface area contributed by atoms with Gasteiger partial charge in [-0.25, -0.2) is 4.79 Å². The normalized spacial score (nSPS) is 15.5.